The average molecular weight is 347 g/mol. The quantitative estimate of drug-likeness (QED) is 0.717. The smallest absolute Gasteiger partial charge is 0.313 e. The first-order chi connectivity index (χ1) is 10.2. The molecular weight excluding hydrogens is 327 g/mol. The first-order valence-corrected chi connectivity index (χ1v) is 7.69. The molecule has 7 heteroatoms. The maximum absolute atomic E-state index is 11.8. The average Bonchev–Trinajstić information content (AvgIpc) is 2.46. The van der Waals surface area contributed by atoms with E-state index in [0.717, 1.165) is 6.42 Å². The second-order valence-electron chi connectivity index (χ2n) is 5.43. The van der Waals surface area contributed by atoms with E-state index in [4.69, 9.17) is 23.2 Å². The van der Waals surface area contributed by atoms with Crippen LogP contribution in [-0.2, 0) is 9.59 Å². The number of benzene rings is 1. The van der Waals surface area contributed by atoms with Gasteiger partial charge in [0, 0.05) is 11.6 Å². The topological polar surface area (TPSA) is 78.4 Å². The molecule has 0 aromatic heterocycles. The highest BCUT2D eigenvalue weighted by molar-refractivity contribution is 6.42. The maximum atomic E-state index is 11.8. The van der Waals surface area contributed by atoms with Crippen molar-refractivity contribution in [3.05, 3.63) is 28.2 Å². The minimum atomic E-state index is -1.08. The highest BCUT2D eigenvalue weighted by Crippen LogP contribution is 2.25. The second kappa shape index (κ2) is 7.81. The standard InChI is InChI=1S/C15H20Cl2N2O3/c1-4-9(2)15(3,22)8-18-13(20)14(21)19-12-6-5-10(16)7-11(12)17/h5-7,9,22H,4,8H2,1-3H3,(H,18,20)(H,19,21). The molecule has 1 rings (SSSR count). The lowest BCUT2D eigenvalue weighted by molar-refractivity contribution is -0.137. The fourth-order valence-corrected chi connectivity index (χ4v) is 2.18. The number of nitrogens with one attached hydrogen (secondary N) is 2. The van der Waals surface area contributed by atoms with Gasteiger partial charge in [0.25, 0.3) is 0 Å². The molecule has 2 atom stereocenters. The third-order valence-electron chi connectivity index (χ3n) is 3.67. The van der Waals surface area contributed by atoms with Gasteiger partial charge in [0.1, 0.15) is 0 Å². The van der Waals surface area contributed by atoms with Crippen LogP contribution in [0.15, 0.2) is 18.2 Å². The fraction of sp³-hybridized carbons (Fsp3) is 0.467. The summed E-state index contributed by atoms with van der Waals surface area (Å²) in [7, 11) is 0. The molecule has 22 heavy (non-hydrogen) atoms. The highest BCUT2D eigenvalue weighted by Gasteiger charge is 2.28. The molecule has 0 aliphatic carbocycles. The van der Waals surface area contributed by atoms with Crippen LogP contribution in [0.4, 0.5) is 5.69 Å². The molecule has 0 aliphatic heterocycles. The van der Waals surface area contributed by atoms with Gasteiger partial charge in [-0.3, -0.25) is 9.59 Å². The molecule has 0 spiro atoms. The Morgan fingerprint density at radius 1 is 1.32 bits per heavy atom. The zero-order chi connectivity index (χ0) is 16.9. The Bertz CT molecular complexity index is 562. The minimum absolute atomic E-state index is 0.0113. The van der Waals surface area contributed by atoms with E-state index < -0.39 is 17.4 Å². The van der Waals surface area contributed by atoms with Crippen LogP contribution in [0, 0.1) is 5.92 Å². The first-order valence-electron chi connectivity index (χ1n) is 6.94. The summed E-state index contributed by atoms with van der Waals surface area (Å²) in [6, 6.07) is 4.52. The van der Waals surface area contributed by atoms with E-state index >= 15 is 0 Å². The molecule has 5 nitrogen and oxygen atoms in total. The van der Waals surface area contributed by atoms with E-state index in [1.807, 2.05) is 13.8 Å². The van der Waals surface area contributed by atoms with Crippen molar-refractivity contribution in [1.29, 1.82) is 0 Å². The van der Waals surface area contributed by atoms with Gasteiger partial charge in [0.15, 0.2) is 0 Å². The van der Waals surface area contributed by atoms with Crippen molar-refractivity contribution in [1.82, 2.24) is 5.32 Å². The first kappa shape index (κ1) is 18.7. The van der Waals surface area contributed by atoms with Crippen molar-refractivity contribution in [2.24, 2.45) is 5.92 Å². The van der Waals surface area contributed by atoms with Gasteiger partial charge in [0.2, 0.25) is 0 Å². The van der Waals surface area contributed by atoms with Crippen LogP contribution in [0.5, 0.6) is 0 Å². The van der Waals surface area contributed by atoms with Crippen LogP contribution in [0.3, 0.4) is 0 Å². The largest absolute Gasteiger partial charge is 0.388 e. The summed E-state index contributed by atoms with van der Waals surface area (Å²) in [6.45, 7) is 5.42. The lowest BCUT2D eigenvalue weighted by atomic mass is 9.89. The molecule has 0 radical (unpaired) electrons. The zero-order valence-corrected chi connectivity index (χ0v) is 14.3. The molecule has 2 amide bonds. The Hall–Kier alpha value is -1.30. The van der Waals surface area contributed by atoms with Crippen molar-refractivity contribution < 1.29 is 14.7 Å². The van der Waals surface area contributed by atoms with Crippen LogP contribution < -0.4 is 10.6 Å². The molecule has 0 heterocycles. The molecule has 0 aliphatic rings. The van der Waals surface area contributed by atoms with Crippen LogP contribution in [0.2, 0.25) is 10.0 Å². The molecule has 0 saturated carbocycles. The van der Waals surface area contributed by atoms with Crippen LogP contribution in [-0.4, -0.2) is 29.1 Å². The van der Waals surface area contributed by atoms with Gasteiger partial charge >= 0.3 is 11.8 Å². The molecule has 0 bridgehead atoms. The van der Waals surface area contributed by atoms with Crippen LogP contribution >= 0.6 is 23.2 Å². The zero-order valence-electron chi connectivity index (χ0n) is 12.7. The summed E-state index contributed by atoms with van der Waals surface area (Å²) in [4.78, 5) is 23.6. The van der Waals surface area contributed by atoms with E-state index in [9.17, 15) is 14.7 Å². The third kappa shape index (κ3) is 5.16. The van der Waals surface area contributed by atoms with Gasteiger partial charge in [0.05, 0.1) is 16.3 Å². The van der Waals surface area contributed by atoms with Crippen molar-refractivity contribution in [2.75, 3.05) is 11.9 Å². The van der Waals surface area contributed by atoms with Crippen molar-refractivity contribution in [3.63, 3.8) is 0 Å². The number of carbonyl (C=O) groups is 2. The number of hydrogen-bond donors (Lipinski definition) is 3. The lowest BCUT2D eigenvalue weighted by Gasteiger charge is -2.29. The van der Waals surface area contributed by atoms with Gasteiger partial charge in [-0.1, -0.05) is 43.5 Å². The van der Waals surface area contributed by atoms with Crippen LogP contribution in [0.25, 0.3) is 0 Å². The monoisotopic (exact) mass is 346 g/mol. The SMILES string of the molecule is CCC(C)C(C)(O)CNC(=O)C(=O)Nc1ccc(Cl)cc1Cl. The third-order valence-corrected chi connectivity index (χ3v) is 4.21. The van der Waals surface area contributed by atoms with E-state index in [2.05, 4.69) is 10.6 Å². The Morgan fingerprint density at radius 2 is 1.95 bits per heavy atom. The van der Waals surface area contributed by atoms with Gasteiger partial charge in [-0.2, -0.15) is 0 Å². The predicted molar refractivity (Wildman–Crippen MR) is 88.2 cm³/mol. The summed E-state index contributed by atoms with van der Waals surface area (Å²) < 4.78 is 0. The molecular formula is C15H20Cl2N2O3. The maximum Gasteiger partial charge on any atom is 0.313 e. The summed E-state index contributed by atoms with van der Waals surface area (Å²) in [5.74, 6) is -1.71. The molecule has 3 N–H and O–H groups in total. The number of anilines is 1. The van der Waals surface area contributed by atoms with Crippen molar-refractivity contribution in [3.8, 4) is 0 Å². The van der Waals surface area contributed by atoms with Gasteiger partial charge in [-0.25, -0.2) is 0 Å². The molecule has 2 unspecified atom stereocenters. The second-order valence-corrected chi connectivity index (χ2v) is 6.27. The van der Waals surface area contributed by atoms with E-state index in [1.165, 1.54) is 12.1 Å². The number of carbonyl (C=O) groups excluding carboxylic acids is 2. The number of rotatable bonds is 5. The molecule has 1 aromatic rings. The Balaban J connectivity index is 2.61. The summed E-state index contributed by atoms with van der Waals surface area (Å²) in [5.41, 5.74) is -0.789. The van der Waals surface area contributed by atoms with Crippen molar-refractivity contribution >= 4 is 40.7 Å². The molecule has 1 aromatic carbocycles. The number of aliphatic hydroxyl groups is 1. The normalized spacial score (nSPS) is 14.8. The number of amides is 2. The molecule has 0 saturated heterocycles. The van der Waals surface area contributed by atoms with Gasteiger partial charge < -0.3 is 15.7 Å². The van der Waals surface area contributed by atoms with E-state index in [1.54, 1.807) is 13.0 Å². The van der Waals surface area contributed by atoms with Crippen LogP contribution in [0.1, 0.15) is 27.2 Å². The summed E-state index contributed by atoms with van der Waals surface area (Å²) in [6.07, 6.45) is 0.759. The number of halogens is 2. The molecule has 0 fully saturated rings. The number of hydrogen-bond acceptors (Lipinski definition) is 3. The highest BCUT2D eigenvalue weighted by atomic mass is 35.5. The minimum Gasteiger partial charge on any atom is -0.388 e. The van der Waals surface area contributed by atoms with E-state index in [-0.39, 0.29) is 17.5 Å². The molecule has 122 valence electrons. The Labute approximate surface area is 140 Å². The predicted octanol–water partition coefficient (Wildman–Crippen LogP) is 2.85. The fourth-order valence-electron chi connectivity index (χ4n) is 1.72. The van der Waals surface area contributed by atoms with E-state index in [0.29, 0.717) is 10.7 Å². The lowest BCUT2D eigenvalue weighted by Crippen LogP contribution is -2.47. The van der Waals surface area contributed by atoms with Gasteiger partial charge in [-0.15, -0.1) is 0 Å². The summed E-state index contributed by atoms with van der Waals surface area (Å²) in [5, 5.41) is 15.7. The Kier molecular flexibility index (Phi) is 6.66. The Morgan fingerprint density at radius 3 is 2.50 bits per heavy atom. The van der Waals surface area contributed by atoms with Gasteiger partial charge in [-0.05, 0) is 31.0 Å². The summed E-state index contributed by atoms with van der Waals surface area (Å²) >= 11 is 11.7. The van der Waals surface area contributed by atoms with Crippen molar-refractivity contribution in [2.45, 2.75) is 32.8 Å².